The molecule has 7 heteroatoms. The highest BCUT2D eigenvalue weighted by Crippen LogP contribution is 2.41. The van der Waals surface area contributed by atoms with Crippen LogP contribution >= 0.6 is 11.3 Å². The average molecular weight is 293 g/mol. The third-order valence-electron chi connectivity index (χ3n) is 2.89. The lowest BCUT2D eigenvalue weighted by molar-refractivity contribution is -0.134. The number of alkyl halides is 3. The van der Waals surface area contributed by atoms with Crippen molar-refractivity contribution in [2.24, 2.45) is 0 Å². The monoisotopic (exact) mass is 293 g/mol. The maximum Gasteiger partial charge on any atom is 0.427 e. The fourth-order valence-corrected chi connectivity index (χ4v) is 2.70. The van der Waals surface area contributed by atoms with Crippen molar-refractivity contribution in [3.8, 4) is 17.3 Å². The summed E-state index contributed by atoms with van der Waals surface area (Å²) in [4.78, 5) is 5.99. The number of aromatic amines is 1. The number of aromatic nitrogens is 2. The zero-order chi connectivity index (χ0) is 14.3. The van der Waals surface area contributed by atoms with Crippen LogP contribution in [0, 0.1) is 11.3 Å². The summed E-state index contributed by atoms with van der Waals surface area (Å²) in [5.74, 6) is 0. The first kappa shape index (κ1) is 12.7. The Morgan fingerprint density at radius 1 is 1.30 bits per heavy atom. The summed E-state index contributed by atoms with van der Waals surface area (Å²) in [6.45, 7) is 0. The van der Waals surface area contributed by atoms with E-state index >= 15 is 0 Å². The van der Waals surface area contributed by atoms with Crippen molar-refractivity contribution in [1.29, 1.82) is 5.26 Å². The number of benzene rings is 1. The molecule has 0 atom stereocenters. The minimum atomic E-state index is -4.44. The molecule has 2 aromatic heterocycles. The van der Waals surface area contributed by atoms with Crippen LogP contribution in [0.1, 0.15) is 10.4 Å². The van der Waals surface area contributed by atoms with Gasteiger partial charge >= 0.3 is 6.18 Å². The van der Waals surface area contributed by atoms with Gasteiger partial charge in [0.05, 0.1) is 22.8 Å². The molecule has 0 saturated heterocycles. The molecular formula is C13H6F3N3S. The number of nitrogens with one attached hydrogen (secondary N) is 1. The van der Waals surface area contributed by atoms with Crippen LogP contribution < -0.4 is 0 Å². The van der Waals surface area contributed by atoms with Gasteiger partial charge in [-0.3, -0.25) is 0 Å². The minimum absolute atomic E-state index is 0.108. The summed E-state index contributed by atoms with van der Waals surface area (Å²) in [6, 6.07) is 6.80. The van der Waals surface area contributed by atoms with E-state index in [9.17, 15) is 13.2 Å². The summed E-state index contributed by atoms with van der Waals surface area (Å²) in [6.07, 6.45) is -2.96. The molecule has 0 radical (unpaired) electrons. The summed E-state index contributed by atoms with van der Waals surface area (Å²) in [5.41, 5.74) is 2.47. The molecule has 0 bridgehead atoms. The van der Waals surface area contributed by atoms with Gasteiger partial charge in [-0.15, -0.1) is 11.3 Å². The molecule has 3 nitrogen and oxygen atoms in total. The van der Waals surface area contributed by atoms with E-state index in [1.165, 1.54) is 11.7 Å². The van der Waals surface area contributed by atoms with Gasteiger partial charge in [0.15, 0.2) is 0 Å². The zero-order valence-electron chi connectivity index (χ0n) is 9.82. The number of H-pyrrole nitrogens is 1. The highest BCUT2D eigenvalue weighted by molar-refractivity contribution is 7.10. The van der Waals surface area contributed by atoms with E-state index < -0.39 is 11.1 Å². The van der Waals surface area contributed by atoms with Crippen molar-refractivity contribution in [2.75, 3.05) is 0 Å². The molecule has 0 aliphatic carbocycles. The number of hydrogen-bond acceptors (Lipinski definition) is 3. The third kappa shape index (κ3) is 1.94. The molecule has 0 fully saturated rings. The number of nitriles is 1. The van der Waals surface area contributed by atoms with Crippen LogP contribution in [0.5, 0.6) is 0 Å². The lowest BCUT2D eigenvalue weighted by Gasteiger charge is -2.05. The Morgan fingerprint density at radius 2 is 2.10 bits per heavy atom. The van der Waals surface area contributed by atoms with E-state index in [1.54, 1.807) is 18.2 Å². The Morgan fingerprint density at radius 3 is 2.80 bits per heavy atom. The molecule has 2 heterocycles. The highest BCUT2D eigenvalue weighted by Gasteiger charge is 2.36. The second kappa shape index (κ2) is 4.35. The number of hydrogen-bond donors (Lipinski definition) is 1. The van der Waals surface area contributed by atoms with Crippen LogP contribution in [0.25, 0.3) is 22.2 Å². The van der Waals surface area contributed by atoms with Crippen LogP contribution in [-0.4, -0.2) is 9.97 Å². The van der Waals surface area contributed by atoms with E-state index in [4.69, 9.17) is 5.26 Å². The second-order valence-electron chi connectivity index (χ2n) is 4.10. The largest absolute Gasteiger partial charge is 0.427 e. The molecule has 3 aromatic rings. The average Bonchev–Trinajstić information content (AvgIpc) is 3.02. The molecule has 1 aromatic carbocycles. The lowest BCUT2D eigenvalue weighted by atomic mass is 10.1. The number of nitrogens with zero attached hydrogens (tertiary/aromatic N) is 2. The zero-order valence-corrected chi connectivity index (χ0v) is 10.6. The molecule has 100 valence electrons. The number of fused-ring (bicyclic) bond motifs is 1. The van der Waals surface area contributed by atoms with Crippen LogP contribution in [0.15, 0.2) is 29.9 Å². The van der Waals surface area contributed by atoms with Crippen LogP contribution in [-0.2, 0) is 6.18 Å². The predicted molar refractivity (Wildman–Crippen MR) is 69.1 cm³/mol. The Hall–Kier alpha value is -2.33. The van der Waals surface area contributed by atoms with Crippen molar-refractivity contribution >= 4 is 22.2 Å². The molecular weight excluding hydrogens is 287 g/mol. The van der Waals surface area contributed by atoms with E-state index in [1.807, 2.05) is 6.07 Å². The van der Waals surface area contributed by atoms with Gasteiger partial charge in [-0.1, -0.05) is 0 Å². The van der Waals surface area contributed by atoms with E-state index in [0.717, 1.165) is 0 Å². The fraction of sp³-hybridized carbons (Fsp3) is 0.0769. The third-order valence-corrected chi connectivity index (χ3v) is 3.76. The van der Waals surface area contributed by atoms with E-state index in [-0.39, 0.29) is 5.69 Å². The smallest absolute Gasteiger partial charge is 0.360 e. The van der Waals surface area contributed by atoms with Crippen molar-refractivity contribution < 1.29 is 13.2 Å². The summed E-state index contributed by atoms with van der Waals surface area (Å²) < 4.78 is 38.8. The topological polar surface area (TPSA) is 52.5 Å². The molecule has 3 rings (SSSR count). The highest BCUT2D eigenvalue weighted by atomic mass is 32.1. The maximum absolute atomic E-state index is 12.9. The first-order valence-corrected chi connectivity index (χ1v) is 6.41. The molecule has 1 N–H and O–H groups in total. The number of rotatable bonds is 1. The van der Waals surface area contributed by atoms with Gasteiger partial charge in [0, 0.05) is 22.7 Å². The summed E-state index contributed by atoms with van der Waals surface area (Å²) in [5, 5.41) is 9.44. The van der Waals surface area contributed by atoms with E-state index in [2.05, 4.69) is 9.97 Å². The molecule has 0 unspecified atom stereocenters. The van der Waals surface area contributed by atoms with Gasteiger partial charge in [0.1, 0.15) is 4.88 Å². The van der Waals surface area contributed by atoms with Gasteiger partial charge in [0.2, 0.25) is 0 Å². The molecule has 0 amide bonds. The standard InChI is InChI=1S/C13H6F3N3S/c14-13(15,16)12-11(19-6-20-12)9-5-18-10-2-1-7(4-17)3-8(9)10/h1-3,5-6,18H. The minimum Gasteiger partial charge on any atom is -0.360 e. The lowest BCUT2D eigenvalue weighted by Crippen LogP contribution is -2.03. The first-order valence-electron chi connectivity index (χ1n) is 5.53. The second-order valence-corrected chi connectivity index (χ2v) is 4.96. The predicted octanol–water partition coefficient (Wildman–Crippen LogP) is 4.18. The SMILES string of the molecule is N#Cc1ccc2[nH]cc(-c3ncsc3C(F)(F)F)c2c1. The van der Waals surface area contributed by atoms with Gasteiger partial charge < -0.3 is 4.98 Å². The Labute approximate surface area is 115 Å². The van der Waals surface area contributed by atoms with E-state index in [0.29, 0.717) is 33.4 Å². The van der Waals surface area contributed by atoms with Gasteiger partial charge in [-0.25, -0.2) is 4.98 Å². The fourth-order valence-electron chi connectivity index (χ4n) is 2.03. The van der Waals surface area contributed by atoms with Crippen LogP contribution in [0.2, 0.25) is 0 Å². The molecule has 0 saturated carbocycles. The molecule has 0 aliphatic rings. The normalized spacial score (nSPS) is 11.7. The number of halogens is 3. The quantitative estimate of drug-likeness (QED) is 0.731. The van der Waals surface area contributed by atoms with Crippen LogP contribution in [0.4, 0.5) is 13.2 Å². The molecule has 20 heavy (non-hydrogen) atoms. The Bertz CT molecular complexity index is 823. The maximum atomic E-state index is 12.9. The van der Waals surface area contributed by atoms with Crippen molar-refractivity contribution in [1.82, 2.24) is 9.97 Å². The summed E-state index contributed by atoms with van der Waals surface area (Å²) >= 11 is 0.558. The van der Waals surface area contributed by atoms with Gasteiger partial charge in [0.25, 0.3) is 0 Å². The Balaban J connectivity index is 2.26. The van der Waals surface area contributed by atoms with Crippen molar-refractivity contribution in [2.45, 2.75) is 6.18 Å². The van der Waals surface area contributed by atoms with Crippen molar-refractivity contribution in [3.63, 3.8) is 0 Å². The van der Waals surface area contributed by atoms with Gasteiger partial charge in [-0.2, -0.15) is 18.4 Å². The van der Waals surface area contributed by atoms with Crippen LogP contribution in [0.3, 0.4) is 0 Å². The Kier molecular flexibility index (Phi) is 2.76. The number of thiazole rings is 1. The van der Waals surface area contributed by atoms with Gasteiger partial charge in [-0.05, 0) is 18.2 Å². The molecule has 0 aliphatic heterocycles. The first-order chi connectivity index (χ1) is 9.50. The summed E-state index contributed by atoms with van der Waals surface area (Å²) in [7, 11) is 0. The van der Waals surface area contributed by atoms with Crippen molar-refractivity contribution in [3.05, 3.63) is 40.3 Å². The molecule has 0 spiro atoms.